The van der Waals surface area contributed by atoms with E-state index in [9.17, 15) is 63.1 Å². The Morgan fingerprint density at radius 3 is 1.89 bits per heavy atom. The normalized spacial score (nSPS) is 18.9. The molecule has 0 bridgehead atoms. The minimum Gasteiger partial charge on any atom is -0.475 e. The van der Waals surface area contributed by atoms with Gasteiger partial charge in [0.2, 0.25) is 17.6 Å². The number of alkyl halides is 10. The Kier molecular flexibility index (Phi) is 19.3. The van der Waals surface area contributed by atoms with Gasteiger partial charge in [0.25, 0.3) is 5.91 Å². The largest absolute Gasteiger partial charge is 0.490 e. The molecule has 0 spiro atoms. The topological polar surface area (TPSA) is 208 Å². The van der Waals surface area contributed by atoms with Gasteiger partial charge >= 0.3 is 36.3 Å². The summed E-state index contributed by atoms with van der Waals surface area (Å²) in [6, 6.07) is 17.7. The number of hydrogen-bond acceptors (Lipinski definition) is 9. The first-order chi connectivity index (χ1) is 35.2. The number of carboxylic acids is 1. The molecule has 0 saturated heterocycles. The highest BCUT2D eigenvalue weighted by molar-refractivity contribution is 5.98. The lowest BCUT2D eigenvalue weighted by Gasteiger charge is -2.33. The second kappa shape index (κ2) is 24.5. The maximum atomic E-state index is 14.3. The average Bonchev–Trinajstić information content (AvgIpc) is 3.84. The van der Waals surface area contributed by atoms with E-state index < -0.39 is 71.4 Å². The van der Waals surface area contributed by atoms with E-state index in [0.717, 1.165) is 42.4 Å². The number of nitrogens with one attached hydrogen (secondary N) is 5. The van der Waals surface area contributed by atoms with Crippen molar-refractivity contribution in [1.29, 1.82) is 0 Å². The molecule has 1 atom stereocenters. The Labute approximate surface area is 431 Å². The monoisotopic (exact) mass is 1090 g/mol. The Hall–Kier alpha value is -6.79. The smallest absolute Gasteiger partial charge is 0.475 e. The number of aromatic nitrogens is 3. The number of aryl methyl sites for hydroxylation is 1. The van der Waals surface area contributed by atoms with Crippen LogP contribution in [0.5, 0.6) is 0 Å². The van der Waals surface area contributed by atoms with Gasteiger partial charge in [0.05, 0.1) is 0 Å². The number of halogens is 10. The minimum atomic E-state index is -6.57. The molecule has 6 N–H and O–H groups in total. The summed E-state index contributed by atoms with van der Waals surface area (Å²) in [7, 11) is 4.15. The van der Waals surface area contributed by atoms with Crippen molar-refractivity contribution in [3.63, 3.8) is 0 Å². The molecule has 1 heterocycles. The second-order valence-electron chi connectivity index (χ2n) is 20.1. The molecule has 2 saturated carbocycles. The molecule has 25 heteroatoms. The highest BCUT2D eigenvalue weighted by Crippen LogP contribution is 2.51. The molecule has 4 aromatic rings. The summed E-state index contributed by atoms with van der Waals surface area (Å²) < 4.78 is 131. The molecule has 1 aromatic heterocycles. The number of amides is 4. The quantitative estimate of drug-likeness (QED) is 0.0621. The van der Waals surface area contributed by atoms with E-state index in [1.165, 1.54) is 29.4 Å². The van der Waals surface area contributed by atoms with Crippen molar-refractivity contribution >= 4 is 35.5 Å². The van der Waals surface area contributed by atoms with Crippen LogP contribution >= 0.6 is 0 Å². The van der Waals surface area contributed by atoms with Crippen LogP contribution in [0.3, 0.4) is 0 Å². The first-order valence-electron chi connectivity index (χ1n) is 24.2. The number of alkyl carbamates (subject to hydrolysis) is 1. The lowest BCUT2D eigenvalue weighted by atomic mass is 9.81. The van der Waals surface area contributed by atoms with Crippen LogP contribution < -0.4 is 21.3 Å². The van der Waals surface area contributed by atoms with E-state index in [-0.39, 0.29) is 41.4 Å². The fourth-order valence-corrected chi connectivity index (χ4v) is 8.65. The van der Waals surface area contributed by atoms with Crippen molar-refractivity contribution in [2.45, 2.75) is 133 Å². The summed E-state index contributed by atoms with van der Waals surface area (Å²) in [5, 5.41) is 23.6. The van der Waals surface area contributed by atoms with Gasteiger partial charge in [-0.15, -0.1) is 0 Å². The highest BCUT2D eigenvalue weighted by atomic mass is 19.4. The van der Waals surface area contributed by atoms with Gasteiger partial charge in [-0.05, 0) is 158 Å². The number of aliphatic carboxylic acids is 1. The first-order valence-corrected chi connectivity index (χ1v) is 24.2. The zero-order chi connectivity index (χ0) is 56.6. The Morgan fingerprint density at radius 1 is 0.789 bits per heavy atom. The van der Waals surface area contributed by atoms with Crippen molar-refractivity contribution in [1.82, 2.24) is 36.0 Å². The summed E-state index contributed by atoms with van der Waals surface area (Å²) in [5.41, 5.74) is 3.41. The fraction of sp³-hybridized carbons (Fsp3) is 0.510. The maximum absolute atomic E-state index is 14.3. The van der Waals surface area contributed by atoms with E-state index in [2.05, 4.69) is 50.3 Å². The lowest BCUT2D eigenvalue weighted by Crippen LogP contribution is -2.50. The zero-order valence-electron chi connectivity index (χ0n) is 42.3. The van der Waals surface area contributed by atoms with Gasteiger partial charge in [-0.25, -0.2) is 14.6 Å². The molecular weight excluding hydrogens is 1030 g/mol. The third kappa shape index (κ3) is 16.1. The van der Waals surface area contributed by atoms with E-state index in [1.807, 2.05) is 43.3 Å². The maximum Gasteiger partial charge on any atom is 0.490 e. The molecule has 0 aliphatic heterocycles. The van der Waals surface area contributed by atoms with E-state index in [1.54, 1.807) is 26.8 Å². The molecule has 2 aliphatic carbocycles. The van der Waals surface area contributed by atoms with E-state index >= 15 is 0 Å². The van der Waals surface area contributed by atoms with Gasteiger partial charge in [0.15, 0.2) is 5.82 Å². The lowest BCUT2D eigenvalue weighted by molar-refractivity contribution is -0.361. The second-order valence-corrected chi connectivity index (χ2v) is 20.1. The predicted molar refractivity (Wildman–Crippen MR) is 258 cm³/mol. The number of aromatic amines is 1. The van der Waals surface area contributed by atoms with Crippen LogP contribution in [0.25, 0.3) is 22.5 Å². The number of H-pyrrole nitrogens is 1. The Bertz CT molecular complexity index is 2640. The number of ether oxygens (including phenoxy) is 1. The van der Waals surface area contributed by atoms with Gasteiger partial charge < -0.3 is 36.0 Å². The molecule has 4 amide bonds. The molecule has 15 nitrogen and oxygen atoms in total. The van der Waals surface area contributed by atoms with E-state index in [4.69, 9.17) is 14.6 Å². The summed E-state index contributed by atoms with van der Waals surface area (Å²) in [6.07, 6.45) is -5.90. The number of carboxylic acid groups (broad SMARTS) is 1. The van der Waals surface area contributed by atoms with Crippen LogP contribution in [0.15, 0.2) is 66.7 Å². The van der Waals surface area contributed by atoms with Gasteiger partial charge in [-0.1, -0.05) is 30.3 Å². The standard InChI is InChI=1S/C49H59F7N8O5.C2HF3O2/c1-28-25-34(42(66)58-36-20-22-37(23-21-36)64(5)6)17-24-38(28)31-11-7-29(8-12-31)26-39(60-41(65)33-13-9-30(10-14-33)27-57-45(68)69-46(2,3)4)43(67)59-35-18-15-32(16-19-35)40-61-44(63-62-40)47(50,51)48(52,53)49(54,55)56;3-2(4,5)1(6)7/h7-8,11-12,15-19,24-25,30,33,36-37,39H,9-10,13-14,20-23,26-27H2,1-6H3,(H,57,68)(H,58,66)(H,59,67)(H,60,65)(H,61,62,63);(H,6,7)/t30?,33?,36?,37?,39-;/m0./s1. The molecule has 3 aromatic carbocycles. The number of benzene rings is 3. The third-order valence-electron chi connectivity index (χ3n) is 12.9. The van der Waals surface area contributed by atoms with Crippen molar-refractivity contribution in [2.75, 3.05) is 26.0 Å². The molecule has 416 valence electrons. The summed E-state index contributed by atoms with van der Waals surface area (Å²) in [6.45, 7) is 7.62. The molecular formula is C51H60F10N8O7. The van der Waals surface area contributed by atoms with Crippen molar-refractivity contribution in [3.05, 3.63) is 89.2 Å². The number of anilines is 1. The third-order valence-corrected chi connectivity index (χ3v) is 12.9. The van der Waals surface area contributed by atoms with Crippen LogP contribution in [-0.4, -0.2) is 118 Å². The van der Waals surface area contributed by atoms with Crippen LogP contribution in [-0.2, 0) is 31.5 Å². The molecule has 76 heavy (non-hydrogen) atoms. The number of carbonyl (C=O) groups excluding carboxylic acids is 4. The zero-order valence-corrected chi connectivity index (χ0v) is 42.3. The predicted octanol–water partition coefficient (Wildman–Crippen LogP) is 9.97. The fourth-order valence-electron chi connectivity index (χ4n) is 8.65. The Balaban J connectivity index is 0.00000142. The minimum absolute atomic E-state index is 0.0468. The number of hydrogen-bond donors (Lipinski definition) is 6. The van der Waals surface area contributed by atoms with Gasteiger partial charge in [-0.3, -0.25) is 19.5 Å². The summed E-state index contributed by atoms with van der Waals surface area (Å²) in [5.74, 6) is -18.9. The summed E-state index contributed by atoms with van der Waals surface area (Å²) in [4.78, 5) is 67.5. The van der Waals surface area contributed by atoms with Crippen molar-refractivity contribution < 1.29 is 77.7 Å². The highest BCUT2D eigenvalue weighted by Gasteiger charge is 2.75. The number of rotatable bonds is 15. The van der Waals surface area contributed by atoms with Gasteiger partial charge in [0, 0.05) is 47.8 Å². The SMILES string of the molecule is Cc1cc(C(=O)NC2CCC(N(C)C)CC2)ccc1-c1ccc(C[C@H](NC(=O)C2CCC(CNC(=O)OC(C)(C)C)CC2)C(=O)Nc2ccc(-c3n[nH]c(C(F)(F)C(F)(F)C(F)(F)F)n3)cc2)cc1.O=C(O)C(F)(F)F. The average molecular weight is 1090 g/mol. The number of nitrogens with zero attached hydrogens (tertiary/aromatic N) is 3. The first kappa shape index (κ1) is 60.1. The van der Waals surface area contributed by atoms with Gasteiger partial charge in [0.1, 0.15) is 11.6 Å². The van der Waals surface area contributed by atoms with Crippen molar-refractivity contribution in [2.24, 2.45) is 11.8 Å². The van der Waals surface area contributed by atoms with Crippen LogP contribution in [0.2, 0.25) is 0 Å². The Morgan fingerprint density at radius 2 is 1.37 bits per heavy atom. The molecule has 0 radical (unpaired) electrons. The number of carbonyl (C=O) groups is 5. The van der Waals surface area contributed by atoms with Crippen LogP contribution in [0.4, 0.5) is 54.4 Å². The molecule has 6 rings (SSSR count). The van der Waals surface area contributed by atoms with Crippen LogP contribution in [0.1, 0.15) is 99.4 Å². The summed E-state index contributed by atoms with van der Waals surface area (Å²) >= 11 is 0. The van der Waals surface area contributed by atoms with Gasteiger partial charge in [-0.2, -0.15) is 49.0 Å². The van der Waals surface area contributed by atoms with Crippen LogP contribution in [0, 0.1) is 18.8 Å². The van der Waals surface area contributed by atoms with Crippen molar-refractivity contribution in [3.8, 4) is 22.5 Å². The van der Waals surface area contributed by atoms with E-state index in [0.29, 0.717) is 49.4 Å². The molecule has 2 aliphatic rings. The molecule has 0 unspecified atom stereocenters. The molecule has 2 fully saturated rings.